The second kappa shape index (κ2) is 8.70. The Bertz CT molecular complexity index is 1280. The number of phenolic OH excluding ortho intramolecular Hbond substituents is 1. The van der Waals surface area contributed by atoms with Crippen molar-refractivity contribution in [3.05, 3.63) is 89.0 Å². The lowest BCUT2D eigenvalue weighted by Crippen LogP contribution is -2.29. The zero-order valence-electron chi connectivity index (χ0n) is 18.4. The van der Waals surface area contributed by atoms with Gasteiger partial charge in [-0.1, -0.05) is 36.4 Å². The lowest BCUT2D eigenvalue weighted by Gasteiger charge is -2.27. The van der Waals surface area contributed by atoms with Crippen LogP contribution in [0.25, 0.3) is 5.76 Å². The van der Waals surface area contributed by atoms with Crippen LogP contribution in [-0.4, -0.2) is 36.1 Å². The minimum atomic E-state index is -0.952. The molecule has 0 saturated carbocycles. The van der Waals surface area contributed by atoms with Crippen molar-refractivity contribution in [3.63, 3.8) is 0 Å². The SMILES string of the molecule is COc1ccc(/C(O)=C2\C(=O)C(=O)N(c3ccccc3O)C2c2ccccc2C)c(OC)c1. The number of phenols is 1. The zero-order chi connectivity index (χ0) is 23.7. The maximum absolute atomic E-state index is 13.3. The number of nitrogens with zero attached hydrogens (tertiary/aromatic N) is 1. The quantitative estimate of drug-likeness (QED) is 0.345. The van der Waals surface area contributed by atoms with Crippen molar-refractivity contribution in [1.29, 1.82) is 0 Å². The highest BCUT2D eigenvalue weighted by molar-refractivity contribution is 6.52. The summed E-state index contributed by atoms with van der Waals surface area (Å²) in [6.45, 7) is 1.86. The first kappa shape index (κ1) is 22.0. The van der Waals surface area contributed by atoms with Gasteiger partial charge in [0, 0.05) is 6.07 Å². The van der Waals surface area contributed by atoms with Gasteiger partial charge in [-0.25, -0.2) is 0 Å². The number of aliphatic hydroxyl groups excluding tert-OH is 1. The molecule has 1 fully saturated rings. The van der Waals surface area contributed by atoms with Crippen molar-refractivity contribution in [3.8, 4) is 17.2 Å². The molecule has 0 aliphatic carbocycles. The molecular formula is C26H23NO6. The molecule has 2 N–H and O–H groups in total. The van der Waals surface area contributed by atoms with E-state index in [0.29, 0.717) is 11.3 Å². The Morgan fingerprint density at radius 3 is 2.30 bits per heavy atom. The molecule has 0 bridgehead atoms. The highest BCUT2D eigenvalue weighted by Gasteiger charge is 2.48. The fourth-order valence-electron chi connectivity index (χ4n) is 4.08. The van der Waals surface area contributed by atoms with Crippen molar-refractivity contribution in [2.24, 2.45) is 0 Å². The molecule has 1 unspecified atom stereocenters. The van der Waals surface area contributed by atoms with Crippen LogP contribution in [0.2, 0.25) is 0 Å². The van der Waals surface area contributed by atoms with Crippen LogP contribution in [0.4, 0.5) is 5.69 Å². The number of carbonyl (C=O) groups is 2. The van der Waals surface area contributed by atoms with Crippen LogP contribution in [-0.2, 0) is 9.59 Å². The van der Waals surface area contributed by atoms with Crippen LogP contribution >= 0.6 is 0 Å². The molecule has 4 rings (SSSR count). The normalized spacial score (nSPS) is 17.3. The van der Waals surface area contributed by atoms with Crippen LogP contribution < -0.4 is 14.4 Å². The van der Waals surface area contributed by atoms with Crippen molar-refractivity contribution < 1.29 is 29.3 Å². The van der Waals surface area contributed by atoms with Gasteiger partial charge in [0.15, 0.2) is 0 Å². The Kier molecular flexibility index (Phi) is 5.79. The lowest BCUT2D eigenvalue weighted by atomic mass is 9.92. The van der Waals surface area contributed by atoms with Gasteiger partial charge in [-0.3, -0.25) is 14.5 Å². The Hall–Kier alpha value is -4.26. The molecule has 3 aromatic rings. The number of hydrogen-bond acceptors (Lipinski definition) is 6. The standard InChI is InChI=1S/C26H23NO6/c1-15-8-4-5-9-17(15)23-22(24(29)18-13-12-16(32-2)14-21(18)33-3)25(30)26(31)27(23)19-10-6-7-11-20(19)28/h4-14,23,28-29H,1-3H3/b24-22+. The van der Waals surface area contributed by atoms with E-state index in [0.717, 1.165) is 5.56 Å². The molecular weight excluding hydrogens is 422 g/mol. The van der Waals surface area contributed by atoms with Gasteiger partial charge >= 0.3 is 0 Å². The van der Waals surface area contributed by atoms with Gasteiger partial charge in [-0.15, -0.1) is 0 Å². The summed E-state index contributed by atoms with van der Waals surface area (Å²) in [6.07, 6.45) is 0. The van der Waals surface area contributed by atoms with Crippen molar-refractivity contribution in [2.75, 3.05) is 19.1 Å². The molecule has 1 heterocycles. The molecule has 1 atom stereocenters. The number of benzene rings is 3. The first-order valence-corrected chi connectivity index (χ1v) is 10.3. The van der Waals surface area contributed by atoms with Crippen LogP contribution in [0.15, 0.2) is 72.3 Å². The Labute approximate surface area is 191 Å². The zero-order valence-corrected chi connectivity index (χ0v) is 18.4. The van der Waals surface area contributed by atoms with Gasteiger partial charge in [0.25, 0.3) is 11.7 Å². The summed E-state index contributed by atoms with van der Waals surface area (Å²) in [5.74, 6) is -1.45. The number of carbonyl (C=O) groups excluding carboxylic acids is 2. The molecule has 1 amide bonds. The molecule has 3 aromatic carbocycles. The summed E-state index contributed by atoms with van der Waals surface area (Å²) >= 11 is 0. The number of anilines is 1. The number of Topliss-reactive ketones (excluding diaryl/α,β-unsaturated/α-hetero) is 1. The van der Waals surface area contributed by atoms with E-state index in [4.69, 9.17) is 9.47 Å². The van der Waals surface area contributed by atoms with E-state index in [-0.39, 0.29) is 34.1 Å². The molecule has 1 aliphatic rings. The van der Waals surface area contributed by atoms with Crippen LogP contribution in [0.1, 0.15) is 22.7 Å². The third-order valence-electron chi connectivity index (χ3n) is 5.73. The average molecular weight is 445 g/mol. The highest BCUT2D eigenvalue weighted by atomic mass is 16.5. The van der Waals surface area contributed by atoms with E-state index in [2.05, 4.69) is 0 Å². The number of methoxy groups -OCH3 is 2. The molecule has 7 heteroatoms. The predicted octanol–water partition coefficient (Wildman–Crippen LogP) is 4.34. The van der Waals surface area contributed by atoms with Crippen LogP contribution in [0, 0.1) is 6.92 Å². The number of rotatable bonds is 5. The Balaban J connectivity index is 2.01. The van der Waals surface area contributed by atoms with Crippen molar-refractivity contribution in [1.82, 2.24) is 0 Å². The molecule has 0 spiro atoms. The van der Waals surface area contributed by atoms with E-state index in [9.17, 15) is 19.8 Å². The molecule has 0 radical (unpaired) electrons. The number of aromatic hydroxyl groups is 1. The summed E-state index contributed by atoms with van der Waals surface area (Å²) in [4.78, 5) is 27.7. The molecule has 1 saturated heterocycles. The monoisotopic (exact) mass is 445 g/mol. The first-order valence-electron chi connectivity index (χ1n) is 10.3. The number of hydrogen-bond donors (Lipinski definition) is 2. The number of para-hydroxylation sites is 2. The summed E-state index contributed by atoms with van der Waals surface area (Å²) in [6, 6.07) is 17.4. The first-order chi connectivity index (χ1) is 15.9. The number of aliphatic hydroxyl groups is 1. The molecule has 0 aromatic heterocycles. The number of aryl methyl sites for hydroxylation is 1. The third-order valence-corrected chi connectivity index (χ3v) is 5.73. The number of ketones is 1. The van der Waals surface area contributed by atoms with E-state index in [1.807, 2.05) is 19.1 Å². The number of amides is 1. The Morgan fingerprint density at radius 1 is 0.939 bits per heavy atom. The van der Waals surface area contributed by atoms with E-state index in [1.54, 1.807) is 48.5 Å². The fourth-order valence-corrected chi connectivity index (χ4v) is 4.08. The van der Waals surface area contributed by atoms with Crippen molar-refractivity contribution >= 4 is 23.1 Å². The third kappa shape index (κ3) is 3.67. The second-order valence-corrected chi connectivity index (χ2v) is 7.58. The van der Waals surface area contributed by atoms with E-state index >= 15 is 0 Å². The molecule has 7 nitrogen and oxygen atoms in total. The van der Waals surface area contributed by atoms with Gasteiger partial charge in [-0.05, 0) is 42.3 Å². The molecule has 168 valence electrons. The van der Waals surface area contributed by atoms with E-state index < -0.39 is 17.7 Å². The van der Waals surface area contributed by atoms with Gasteiger partial charge < -0.3 is 19.7 Å². The maximum atomic E-state index is 13.3. The average Bonchev–Trinajstić information content (AvgIpc) is 3.09. The van der Waals surface area contributed by atoms with Crippen LogP contribution in [0.5, 0.6) is 17.2 Å². The van der Waals surface area contributed by atoms with Gasteiger partial charge in [0.05, 0.1) is 37.1 Å². The minimum absolute atomic E-state index is 0.0963. The topological polar surface area (TPSA) is 96.3 Å². The van der Waals surface area contributed by atoms with Gasteiger partial charge in [0.1, 0.15) is 23.0 Å². The minimum Gasteiger partial charge on any atom is -0.507 e. The van der Waals surface area contributed by atoms with Gasteiger partial charge in [0.2, 0.25) is 0 Å². The predicted molar refractivity (Wildman–Crippen MR) is 124 cm³/mol. The second-order valence-electron chi connectivity index (χ2n) is 7.58. The summed E-state index contributed by atoms with van der Waals surface area (Å²) in [5, 5.41) is 21.8. The van der Waals surface area contributed by atoms with Crippen LogP contribution in [0.3, 0.4) is 0 Å². The van der Waals surface area contributed by atoms with E-state index in [1.165, 1.54) is 25.2 Å². The summed E-state index contributed by atoms with van der Waals surface area (Å²) in [5.41, 5.74) is 1.79. The smallest absolute Gasteiger partial charge is 0.300 e. The Morgan fingerprint density at radius 2 is 1.64 bits per heavy atom. The largest absolute Gasteiger partial charge is 0.507 e. The maximum Gasteiger partial charge on any atom is 0.300 e. The van der Waals surface area contributed by atoms with Crippen molar-refractivity contribution in [2.45, 2.75) is 13.0 Å². The van der Waals surface area contributed by atoms with Gasteiger partial charge in [-0.2, -0.15) is 0 Å². The fraction of sp³-hybridized carbons (Fsp3) is 0.154. The highest BCUT2D eigenvalue weighted by Crippen LogP contribution is 2.46. The lowest BCUT2D eigenvalue weighted by molar-refractivity contribution is -0.132. The summed E-state index contributed by atoms with van der Waals surface area (Å²) in [7, 11) is 2.94. The molecule has 1 aliphatic heterocycles. The number of ether oxygens (including phenoxy) is 2. The summed E-state index contributed by atoms with van der Waals surface area (Å²) < 4.78 is 10.6. The molecule has 33 heavy (non-hydrogen) atoms.